The molecule has 0 saturated heterocycles. The van der Waals surface area contributed by atoms with Gasteiger partial charge in [0.2, 0.25) is 5.91 Å². The average Bonchev–Trinajstić information content (AvgIpc) is 2.26. The Balaban J connectivity index is 2.67. The fourth-order valence-corrected chi connectivity index (χ4v) is 1.95. The molecule has 1 rings (SSSR count). The fraction of sp³-hybridized carbons (Fsp3) is 0.417. The highest BCUT2D eigenvalue weighted by Crippen LogP contribution is 2.18. The van der Waals surface area contributed by atoms with Crippen LogP contribution in [0, 0.1) is 13.8 Å². The maximum atomic E-state index is 10.5. The van der Waals surface area contributed by atoms with Crippen molar-refractivity contribution in [2.45, 2.75) is 13.8 Å². The van der Waals surface area contributed by atoms with Gasteiger partial charge in [0.1, 0.15) is 17.4 Å². The smallest absolute Gasteiger partial charge is 0.243 e. The molecule has 0 aliphatic rings. The van der Waals surface area contributed by atoms with Gasteiger partial charge in [0.15, 0.2) is 0 Å². The molecule has 0 fully saturated rings. The summed E-state index contributed by atoms with van der Waals surface area (Å²) >= 11 is 5.02. The number of nitrogens with zero attached hydrogens (tertiary/aromatic N) is 1. The van der Waals surface area contributed by atoms with Gasteiger partial charge < -0.3 is 21.5 Å². The van der Waals surface area contributed by atoms with Crippen LogP contribution in [0.4, 0.5) is 5.82 Å². The molecule has 0 aliphatic heterocycles. The number of pyridine rings is 1. The molecule has 1 heterocycles. The quantitative estimate of drug-likeness (QED) is 0.489. The van der Waals surface area contributed by atoms with E-state index in [-0.39, 0.29) is 6.61 Å². The number of nitrogens with one attached hydrogen (secondary N) is 1. The summed E-state index contributed by atoms with van der Waals surface area (Å²) in [6.07, 6.45) is 0. The van der Waals surface area contributed by atoms with E-state index < -0.39 is 5.91 Å². The van der Waals surface area contributed by atoms with E-state index in [1.165, 1.54) is 0 Å². The van der Waals surface area contributed by atoms with Crippen LogP contribution in [-0.2, 0) is 9.53 Å². The van der Waals surface area contributed by atoms with Crippen molar-refractivity contribution in [1.82, 2.24) is 4.98 Å². The molecule has 104 valence electrons. The van der Waals surface area contributed by atoms with E-state index in [1.807, 2.05) is 19.9 Å². The number of amides is 1. The summed E-state index contributed by atoms with van der Waals surface area (Å²) in [5.74, 6) is 0.140. The first-order chi connectivity index (χ1) is 8.91. The molecule has 0 radical (unpaired) electrons. The van der Waals surface area contributed by atoms with E-state index in [9.17, 15) is 4.79 Å². The molecule has 0 aromatic carbocycles. The zero-order valence-electron chi connectivity index (χ0n) is 11.0. The Bertz CT molecular complexity index is 491. The Hall–Kier alpha value is -1.73. The molecule has 1 aromatic rings. The summed E-state index contributed by atoms with van der Waals surface area (Å²) in [6, 6.07) is 1.92. The van der Waals surface area contributed by atoms with Crippen molar-refractivity contribution in [1.29, 1.82) is 0 Å². The van der Waals surface area contributed by atoms with Crippen molar-refractivity contribution in [2.24, 2.45) is 11.5 Å². The first kappa shape index (κ1) is 15.3. The van der Waals surface area contributed by atoms with Gasteiger partial charge in [0.25, 0.3) is 0 Å². The highest BCUT2D eigenvalue weighted by Gasteiger charge is 2.10. The summed E-state index contributed by atoms with van der Waals surface area (Å²) in [5.41, 5.74) is 13.2. The zero-order chi connectivity index (χ0) is 14.4. The van der Waals surface area contributed by atoms with E-state index in [1.54, 1.807) is 0 Å². The summed E-state index contributed by atoms with van der Waals surface area (Å²) in [6.45, 7) is 4.56. The topological polar surface area (TPSA) is 103 Å². The predicted octanol–water partition coefficient (Wildman–Crippen LogP) is 0.246. The van der Waals surface area contributed by atoms with Gasteiger partial charge in [-0.15, -0.1) is 0 Å². The Labute approximate surface area is 117 Å². The maximum Gasteiger partial charge on any atom is 0.243 e. The molecule has 5 N–H and O–H groups in total. The van der Waals surface area contributed by atoms with Crippen molar-refractivity contribution in [3.05, 3.63) is 22.9 Å². The van der Waals surface area contributed by atoms with Gasteiger partial charge in [-0.3, -0.25) is 4.79 Å². The third-order valence-electron chi connectivity index (χ3n) is 2.37. The van der Waals surface area contributed by atoms with Gasteiger partial charge in [-0.05, 0) is 25.5 Å². The first-order valence-corrected chi connectivity index (χ1v) is 6.20. The van der Waals surface area contributed by atoms with Crippen LogP contribution in [0.3, 0.4) is 0 Å². The molecule has 0 spiro atoms. The third-order valence-corrected chi connectivity index (χ3v) is 2.58. The van der Waals surface area contributed by atoms with Crippen LogP contribution in [0.2, 0.25) is 0 Å². The summed E-state index contributed by atoms with van der Waals surface area (Å²) in [4.78, 5) is 15.2. The normalized spacial score (nSPS) is 10.2. The van der Waals surface area contributed by atoms with Crippen LogP contribution in [0.25, 0.3) is 0 Å². The number of anilines is 1. The number of primary amides is 1. The van der Waals surface area contributed by atoms with Gasteiger partial charge in [-0.2, -0.15) is 0 Å². The second-order valence-corrected chi connectivity index (χ2v) is 4.55. The van der Waals surface area contributed by atoms with Gasteiger partial charge in [-0.25, -0.2) is 4.98 Å². The number of carbonyl (C=O) groups excluding carboxylic acids is 1. The second-order valence-electron chi connectivity index (χ2n) is 4.11. The molecule has 1 aromatic heterocycles. The van der Waals surface area contributed by atoms with Gasteiger partial charge >= 0.3 is 0 Å². The van der Waals surface area contributed by atoms with Crippen LogP contribution in [-0.4, -0.2) is 35.6 Å². The molecule has 0 bridgehead atoms. The maximum absolute atomic E-state index is 10.5. The minimum absolute atomic E-state index is 0.0931. The Morgan fingerprint density at radius 3 is 2.74 bits per heavy atom. The van der Waals surface area contributed by atoms with Crippen LogP contribution in [0.1, 0.15) is 16.8 Å². The molecule has 6 nitrogen and oxygen atoms in total. The lowest BCUT2D eigenvalue weighted by atomic mass is 10.1. The number of nitrogens with two attached hydrogens (primary N) is 2. The van der Waals surface area contributed by atoms with E-state index in [0.717, 1.165) is 16.8 Å². The molecule has 0 unspecified atom stereocenters. The first-order valence-electron chi connectivity index (χ1n) is 5.79. The minimum Gasteiger partial charge on any atom is -0.389 e. The number of thiocarbonyl (C=S) groups is 1. The van der Waals surface area contributed by atoms with E-state index in [2.05, 4.69) is 10.3 Å². The third kappa shape index (κ3) is 4.80. The second kappa shape index (κ2) is 7.01. The van der Waals surface area contributed by atoms with Crippen molar-refractivity contribution >= 4 is 28.9 Å². The van der Waals surface area contributed by atoms with Crippen molar-refractivity contribution in [3.8, 4) is 0 Å². The molecular weight excluding hydrogens is 264 g/mol. The lowest BCUT2D eigenvalue weighted by Crippen LogP contribution is -2.22. The molecule has 0 atom stereocenters. The van der Waals surface area contributed by atoms with E-state index >= 15 is 0 Å². The van der Waals surface area contributed by atoms with Crippen LogP contribution in [0.5, 0.6) is 0 Å². The summed E-state index contributed by atoms with van der Waals surface area (Å²) in [5, 5.41) is 3.09. The summed E-state index contributed by atoms with van der Waals surface area (Å²) in [7, 11) is 0. The fourth-order valence-electron chi connectivity index (χ4n) is 1.69. The Morgan fingerprint density at radius 2 is 2.16 bits per heavy atom. The minimum atomic E-state index is -0.492. The lowest BCUT2D eigenvalue weighted by molar-refractivity contribution is -0.122. The number of aryl methyl sites for hydroxylation is 2. The average molecular weight is 282 g/mol. The predicted molar refractivity (Wildman–Crippen MR) is 78.1 cm³/mol. The van der Waals surface area contributed by atoms with Gasteiger partial charge in [-0.1, -0.05) is 12.2 Å². The summed E-state index contributed by atoms with van der Waals surface area (Å²) < 4.78 is 5.05. The van der Waals surface area contributed by atoms with Crippen molar-refractivity contribution in [2.75, 3.05) is 25.1 Å². The molecule has 0 aliphatic carbocycles. The van der Waals surface area contributed by atoms with E-state index in [4.69, 9.17) is 28.4 Å². The highest BCUT2D eigenvalue weighted by molar-refractivity contribution is 7.80. The molecular formula is C12H18N4O2S. The zero-order valence-corrected chi connectivity index (χ0v) is 11.8. The van der Waals surface area contributed by atoms with Crippen LogP contribution in [0.15, 0.2) is 6.07 Å². The number of aromatic nitrogens is 1. The van der Waals surface area contributed by atoms with Crippen molar-refractivity contribution in [3.63, 3.8) is 0 Å². The molecule has 1 amide bonds. The lowest BCUT2D eigenvalue weighted by Gasteiger charge is -2.13. The largest absolute Gasteiger partial charge is 0.389 e. The number of rotatable bonds is 7. The molecule has 7 heteroatoms. The number of ether oxygens (including phenoxy) is 1. The van der Waals surface area contributed by atoms with E-state index in [0.29, 0.717) is 24.0 Å². The molecule has 0 saturated carbocycles. The number of hydrogen-bond donors (Lipinski definition) is 3. The molecule has 19 heavy (non-hydrogen) atoms. The van der Waals surface area contributed by atoms with Crippen molar-refractivity contribution < 1.29 is 9.53 Å². The number of carbonyl (C=O) groups is 1. The van der Waals surface area contributed by atoms with Crippen LogP contribution < -0.4 is 16.8 Å². The standard InChI is InChI=1S/C12H18N4O2S/c1-7-5-8(2)16-12(10(7)11(14)19)15-3-4-18-6-9(13)17/h5H,3-4,6H2,1-2H3,(H2,13,17)(H2,14,19)(H,15,16). The Kier molecular flexibility index (Phi) is 5.65. The van der Waals surface area contributed by atoms with Crippen LogP contribution >= 0.6 is 12.2 Å². The highest BCUT2D eigenvalue weighted by atomic mass is 32.1. The Morgan fingerprint density at radius 1 is 1.47 bits per heavy atom. The SMILES string of the molecule is Cc1cc(C)c(C(N)=S)c(NCCOCC(N)=O)n1. The van der Waals surface area contributed by atoms with Gasteiger partial charge in [0, 0.05) is 12.2 Å². The number of hydrogen-bond acceptors (Lipinski definition) is 5. The monoisotopic (exact) mass is 282 g/mol. The van der Waals surface area contributed by atoms with Gasteiger partial charge in [0.05, 0.1) is 12.2 Å².